The fraction of sp³-hybridized carbons (Fsp3) is 0.600. The molecule has 1 aliphatic rings. The molecule has 0 heterocycles. The molecule has 1 aliphatic carbocycles. The van der Waals surface area contributed by atoms with Crippen LogP contribution in [0.4, 0.5) is 0 Å². The maximum absolute atomic E-state index is 11.6. The van der Waals surface area contributed by atoms with Crippen LogP contribution in [0.15, 0.2) is 12.7 Å². The number of rotatable bonds is 3. The second kappa shape index (κ2) is 4.32. The highest BCUT2D eigenvalue weighted by atomic mass is 16.4. The van der Waals surface area contributed by atoms with Crippen LogP contribution in [0.5, 0.6) is 0 Å². The molecule has 0 spiro atoms. The third-order valence-corrected chi connectivity index (χ3v) is 2.87. The zero-order valence-electron chi connectivity index (χ0n) is 8.54. The smallest absolute Gasteiger partial charge is 0.336 e. The van der Waals surface area contributed by atoms with Crippen LogP contribution in [0, 0.1) is 5.92 Å². The average Bonchev–Trinajstić information content (AvgIpc) is 2.21. The van der Waals surface area contributed by atoms with Crippen LogP contribution in [0.3, 0.4) is 0 Å². The van der Waals surface area contributed by atoms with Crippen LogP contribution >= 0.6 is 0 Å². The van der Waals surface area contributed by atoms with Crippen molar-refractivity contribution < 1.29 is 30.0 Å². The number of aliphatic carboxylic acids is 1. The van der Waals surface area contributed by atoms with E-state index in [1.165, 1.54) is 6.08 Å². The summed E-state index contributed by atoms with van der Waals surface area (Å²) in [6.45, 7) is 3.36. The Bertz CT molecular complexity index is 325. The maximum atomic E-state index is 11.6. The van der Waals surface area contributed by atoms with Crippen LogP contribution in [0.25, 0.3) is 0 Å². The van der Waals surface area contributed by atoms with E-state index in [-0.39, 0.29) is 6.42 Å². The van der Waals surface area contributed by atoms with Crippen LogP contribution in [0.2, 0.25) is 0 Å². The number of Topliss-reactive ketones (excluding diaryl/α,β-unsaturated/α-hetero) is 1. The normalized spacial score (nSPS) is 39.4. The number of carboxylic acids is 1. The van der Waals surface area contributed by atoms with Gasteiger partial charge in [-0.15, -0.1) is 6.58 Å². The first-order valence-corrected chi connectivity index (χ1v) is 4.81. The lowest BCUT2D eigenvalue weighted by Crippen LogP contribution is -2.60. The Hall–Kier alpha value is -1.24. The summed E-state index contributed by atoms with van der Waals surface area (Å²) in [5.41, 5.74) is -2.34. The molecule has 1 saturated carbocycles. The Morgan fingerprint density at radius 1 is 1.56 bits per heavy atom. The minimum absolute atomic E-state index is 0.0641. The number of carbonyl (C=O) groups is 2. The van der Waals surface area contributed by atoms with Gasteiger partial charge in [-0.3, -0.25) is 4.79 Å². The lowest BCUT2D eigenvalue weighted by molar-refractivity contribution is -0.187. The SMILES string of the molecule is C=CCC1C(=O)[C@@H](O)C(O)C[C@]1(O)C(=O)O. The summed E-state index contributed by atoms with van der Waals surface area (Å²) in [5.74, 6) is -3.73. The molecule has 1 fully saturated rings. The average molecular weight is 230 g/mol. The molecule has 0 aromatic carbocycles. The Labute approximate surface area is 91.8 Å². The minimum Gasteiger partial charge on any atom is -0.479 e. The van der Waals surface area contributed by atoms with Crippen molar-refractivity contribution in [3.63, 3.8) is 0 Å². The van der Waals surface area contributed by atoms with Gasteiger partial charge in [-0.2, -0.15) is 0 Å². The Balaban J connectivity index is 3.10. The van der Waals surface area contributed by atoms with Crippen molar-refractivity contribution in [1.29, 1.82) is 0 Å². The Morgan fingerprint density at radius 3 is 2.56 bits per heavy atom. The quantitative estimate of drug-likeness (QED) is 0.447. The van der Waals surface area contributed by atoms with E-state index in [1.54, 1.807) is 0 Å². The second-order valence-electron chi connectivity index (χ2n) is 3.93. The number of allylic oxidation sites excluding steroid dienone is 1. The molecule has 4 N–H and O–H groups in total. The summed E-state index contributed by atoms with van der Waals surface area (Å²) >= 11 is 0. The van der Waals surface area contributed by atoms with E-state index in [4.69, 9.17) is 5.11 Å². The molecule has 0 aliphatic heterocycles. The lowest BCUT2D eigenvalue weighted by atomic mass is 9.70. The van der Waals surface area contributed by atoms with E-state index in [2.05, 4.69) is 6.58 Å². The van der Waals surface area contributed by atoms with Gasteiger partial charge < -0.3 is 20.4 Å². The van der Waals surface area contributed by atoms with Crippen LogP contribution in [0.1, 0.15) is 12.8 Å². The van der Waals surface area contributed by atoms with Gasteiger partial charge in [-0.05, 0) is 6.42 Å². The molecule has 0 aromatic rings. The van der Waals surface area contributed by atoms with Crippen molar-refractivity contribution in [3.05, 3.63) is 12.7 Å². The molecule has 1 rings (SSSR count). The number of carboxylic acid groups (broad SMARTS) is 1. The lowest BCUT2D eigenvalue weighted by Gasteiger charge is -2.39. The topological polar surface area (TPSA) is 115 Å². The van der Waals surface area contributed by atoms with Gasteiger partial charge in [0.1, 0.15) is 6.10 Å². The van der Waals surface area contributed by atoms with Gasteiger partial charge in [0.05, 0.1) is 12.0 Å². The predicted octanol–water partition coefficient (Wildman–Crippen LogP) is -1.31. The van der Waals surface area contributed by atoms with Crippen molar-refractivity contribution >= 4 is 11.8 Å². The van der Waals surface area contributed by atoms with E-state index in [0.717, 1.165) is 0 Å². The zero-order valence-corrected chi connectivity index (χ0v) is 8.54. The molecular weight excluding hydrogens is 216 g/mol. The van der Waals surface area contributed by atoms with Crippen LogP contribution in [-0.2, 0) is 9.59 Å². The number of ketones is 1. The van der Waals surface area contributed by atoms with Gasteiger partial charge in [-0.1, -0.05) is 6.08 Å². The summed E-state index contributed by atoms with van der Waals surface area (Å²) in [7, 11) is 0. The van der Waals surface area contributed by atoms with E-state index in [9.17, 15) is 24.9 Å². The third-order valence-electron chi connectivity index (χ3n) is 2.87. The summed E-state index contributed by atoms with van der Waals surface area (Å²) in [6.07, 6.45) is -2.56. The van der Waals surface area contributed by atoms with Gasteiger partial charge in [0.25, 0.3) is 0 Å². The first-order valence-electron chi connectivity index (χ1n) is 4.81. The van der Waals surface area contributed by atoms with E-state index in [1.807, 2.05) is 0 Å². The van der Waals surface area contributed by atoms with E-state index >= 15 is 0 Å². The molecule has 0 radical (unpaired) electrons. The third kappa shape index (κ3) is 1.87. The van der Waals surface area contributed by atoms with Crippen molar-refractivity contribution in [2.75, 3.05) is 0 Å². The summed E-state index contributed by atoms with van der Waals surface area (Å²) in [4.78, 5) is 22.5. The van der Waals surface area contributed by atoms with Gasteiger partial charge in [0.2, 0.25) is 0 Å². The van der Waals surface area contributed by atoms with Gasteiger partial charge in [0, 0.05) is 6.42 Å². The molecular formula is C10H14O6. The molecule has 16 heavy (non-hydrogen) atoms. The minimum atomic E-state index is -2.34. The highest BCUT2D eigenvalue weighted by molar-refractivity contribution is 5.94. The molecule has 0 bridgehead atoms. The number of aliphatic hydroxyl groups excluding tert-OH is 2. The molecule has 0 amide bonds. The first kappa shape index (κ1) is 12.8. The molecule has 90 valence electrons. The number of carbonyl (C=O) groups excluding carboxylic acids is 1. The molecule has 6 heteroatoms. The summed E-state index contributed by atoms with van der Waals surface area (Å²) in [6, 6.07) is 0. The van der Waals surface area contributed by atoms with Gasteiger partial charge in [-0.25, -0.2) is 4.79 Å². The fourth-order valence-electron chi connectivity index (χ4n) is 1.92. The maximum Gasteiger partial charge on any atom is 0.336 e. The summed E-state index contributed by atoms with van der Waals surface area (Å²) in [5, 5.41) is 37.4. The molecule has 6 nitrogen and oxygen atoms in total. The predicted molar refractivity (Wildman–Crippen MR) is 52.5 cm³/mol. The zero-order chi connectivity index (χ0) is 12.5. The van der Waals surface area contributed by atoms with Crippen molar-refractivity contribution in [2.24, 2.45) is 5.92 Å². The monoisotopic (exact) mass is 230 g/mol. The molecule has 4 atom stereocenters. The van der Waals surface area contributed by atoms with E-state index < -0.39 is 41.9 Å². The number of aliphatic hydroxyl groups is 3. The second-order valence-corrected chi connectivity index (χ2v) is 3.93. The Kier molecular flexibility index (Phi) is 3.47. The van der Waals surface area contributed by atoms with Crippen molar-refractivity contribution in [2.45, 2.75) is 30.7 Å². The molecule has 0 aromatic heterocycles. The largest absolute Gasteiger partial charge is 0.479 e. The van der Waals surface area contributed by atoms with Crippen LogP contribution < -0.4 is 0 Å². The number of hydrogen-bond acceptors (Lipinski definition) is 5. The van der Waals surface area contributed by atoms with Crippen molar-refractivity contribution in [1.82, 2.24) is 0 Å². The van der Waals surface area contributed by atoms with Crippen LogP contribution in [-0.4, -0.2) is 50.0 Å². The molecule has 2 unspecified atom stereocenters. The first-order chi connectivity index (χ1) is 7.34. The standard InChI is InChI=1S/C10H14O6/c1-2-3-5-7(12)8(13)6(11)4-10(5,16)9(14)15/h2,5-6,8,11,13,16H,1,3-4H2,(H,14,15)/t5?,6?,8-,10+/m0/s1. The van der Waals surface area contributed by atoms with E-state index in [0.29, 0.717) is 0 Å². The van der Waals surface area contributed by atoms with Crippen molar-refractivity contribution in [3.8, 4) is 0 Å². The highest BCUT2D eigenvalue weighted by Crippen LogP contribution is 2.34. The molecule has 0 saturated heterocycles. The number of hydrogen-bond donors (Lipinski definition) is 4. The van der Waals surface area contributed by atoms with Gasteiger partial charge >= 0.3 is 5.97 Å². The fourth-order valence-corrected chi connectivity index (χ4v) is 1.92. The highest BCUT2D eigenvalue weighted by Gasteiger charge is 2.55. The van der Waals surface area contributed by atoms with Gasteiger partial charge in [0.15, 0.2) is 11.4 Å². The Morgan fingerprint density at radius 2 is 2.12 bits per heavy atom. The summed E-state index contributed by atoms with van der Waals surface area (Å²) < 4.78 is 0.